The van der Waals surface area contributed by atoms with E-state index in [1.54, 1.807) is 0 Å². The molecule has 1 fully saturated rings. The van der Waals surface area contributed by atoms with Gasteiger partial charge in [0.25, 0.3) is 0 Å². The standard InChI is InChI=1S/C19H33N5O/c1-5-23(6-2)11-7-10-20-18(25)17-8-12-24(13-9-17)19-21-15(3)14-16(4)22-19/h14,17H,5-13H2,1-4H3,(H,20,25). The molecule has 2 heterocycles. The zero-order valence-corrected chi connectivity index (χ0v) is 16.2. The number of piperidine rings is 1. The van der Waals surface area contributed by atoms with Gasteiger partial charge in [0.2, 0.25) is 11.9 Å². The minimum atomic E-state index is 0.121. The number of aryl methyl sites for hydroxylation is 2. The molecule has 0 atom stereocenters. The van der Waals surface area contributed by atoms with Crippen molar-refractivity contribution in [3.63, 3.8) is 0 Å². The average Bonchev–Trinajstić information content (AvgIpc) is 2.61. The van der Waals surface area contributed by atoms with E-state index in [2.05, 4.69) is 38.9 Å². The first-order valence-electron chi connectivity index (χ1n) is 9.60. The maximum atomic E-state index is 12.4. The number of amides is 1. The van der Waals surface area contributed by atoms with Gasteiger partial charge in [0.15, 0.2) is 0 Å². The Labute approximate surface area is 152 Å². The van der Waals surface area contributed by atoms with Crippen LogP contribution in [0.2, 0.25) is 0 Å². The molecule has 6 nitrogen and oxygen atoms in total. The highest BCUT2D eigenvalue weighted by Crippen LogP contribution is 2.21. The van der Waals surface area contributed by atoms with Crippen LogP contribution in [0.25, 0.3) is 0 Å². The van der Waals surface area contributed by atoms with Crippen LogP contribution in [0.1, 0.15) is 44.5 Å². The number of nitrogens with one attached hydrogen (secondary N) is 1. The van der Waals surface area contributed by atoms with Crippen LogP contribution < -0.4 is 10.2 Å². The van der Waals surface area contributed by atoms with Crippen molar-refractivity contribution < 1.29 is 4.79 Å². The molecule has 1 aromatic rings. The van der Waals surface area contributed by atoms with Crippen molar-refractivity contribution in [3.8, 4) is 0 Å². The molecule has 0 radical (unpaired) electrons. The molecule has 1 aliphatic heterocycles. The Morgan fingerprint density at radius 1 is 1.20 bits per heavy atom. The lowest BCUT2D eigenvalue weighted by Crippen LogP contribution is -2.41. The molecule has 0 bridgehead atoms. The topological polar surface area (TPSA) is 61.4 Å². The number of hydrogen-bond donors (Lipinski definition) is 1. The lowest BCUT2D eigenvalue weighted by atomic mass is 9.96. The van der Waals surface area contributed by atoms with Crippen molar-refractivity contribution in [2.24, 2.45) is 5.92 Å². The molecule has 0 saturated carbocycles. The van der Waals surface area contributed by atoms with Gasteiger partial charge in [-0.15, -0.1) is 0 Å². The van der Waals surface area contributed by atoms with Gasteiger partial charge < -0.3 is 15.1 Å². The molecule has 6 heteroatoms. The number of anilines is 1. The van der Waals surface area contributed by atoms with E-state index in [0.29, 0.717) is 0 Å². The van der Waals surface area contributed by atoms with Crippen molar-refractivity contribution in [2.75, 3.05) is 44.2 Å². The highest BCUT2D eigenvalue weighted by Gasteiger charge is 2.26. The lowest BCUT2D eigenvalue weighted by Gasteiger charge is -2.31. The molecular formula is C19H33N5O. The Bertz CT molecular complexity index is 530. The summed E-state index contributed by atoms with van der Waals surface area (Å²) in [5, 5.41) is 3.11. The fraction of sp³-hybridized carbons (Fsp3) is 0.737. The summed E-state index contributed by atoms with van der Waals surface area (Å²) in [6, 6.07) is 1.99. The Balaban J connectivity index is 1.73. The van der Waals surface area contributed by atoms with Gasteiger partial charge in [0, 0.05) is 36.9 Å². The zero-order valence-electron chi connectivity index (χ0n) is 16.2. The van der Waals surface area contributed by atoms with Gasteiger partial charge in [-0.3, -0.25) is 4.79 Å². The molecule has 140 valence electrons. The summed E-state index contributed by atoms with van der Waals surface area (Å²) >= 11 is 0. The second-order valence-corrected chi connectivity index (χ2v) is 6.88. The van der Waals surface area contributed by atoms with Gasteiger partial charge >= 0.3 is 0 Å². The Morgan fingerprint density at radius 2 is 1.80 bits per heavy atom. The van der Waals surface area contributed by atoms with Crippen LogP contribution in [0.4, 0.5) is 5.95 Å². The molecule has 2 rings (SSSR count). The fourth-order valence-corrected chi connectivity index (χ4v) is 3.39. The molecule has 0 aliphatic carbocycles. The predicted octanol–water partition coefficient (Wildman–Crippen LogP) is 2.16. The second kappa shape index (κ2) is 9.70. The van der Waals surface area contributed by atoms with Crippen molar-refractivity contribution in [2.45, 2.75) is 47.0 Å². The van der Waals surface area contributed by atoms with E-state index in [-0.39, 0.29) is 11.8 Å². The van der Waals surface area contributed by atoms with Crippen LogP contribution in [0.5, 0.6) is 0 Å². The molecular weight excluding hydrogens is 314 g/mol. The minimum absolute atomic E-state index is 0.121. The molecule has 25 heavy (non-hydrogen) atoms. The number of rotatable bonds is 8. The van der Waals surface area contributed by atoms with Crippen LogP contribution in [0.15, 0.2) is 6.07 Å². The fourth-order valence-electron chi connectivity index (χ4n) is 3.39. The molecule has 1 aromatic heterocycles. The first kappa shape index (κ1) is 19.6. The number of aromatic nitrogens is 2. The maximum Gasteiger partial charge on any atom is 0.225 e. The second-order valence-electron chi connectivity index (χ2n) is 6.88. The Morgan fingerprint density at radius 3 is 2.36 bits per heavy atom. The van der Waals surface area contributed by atoms with Gasteiger partial charge in [-0.25, -0.2) is 9.97 Å². The molecule has 1 saturated heterocycles. The summed E-state index contributed by atoms with van der Waals surface area (Å²) in [4.78, 5) is 26.0. The van der Waals surface area contributed by atoms with Crippen LogP contribution in [-0.4, -0.2) is 60.0 Å². The number of carbonyl (C=O) groups is 1. The molecule has 0 unspecified atom stereocenters. The first-order chi connectivity index (χ1) is 12.0. The Hall–Kier alpha value is -1.69. The number of nitrogens with zero attached hydrogens (tertiary/aromatic N) is 4. The number of carbonyl (C=O) groups excluding carboxylic acids is 1. The largest absolute Gasteiger partial charge is 0.356 e. The minimum Gasteiger partial charge on any atom is -0.356 e. The van der Waals surface area contributed by atoms with E-state index in [1.807, 2.05) is 19.9 Å². The molecule has 0 spiro atoms. The number of hydrogen-bond acceptors (Lipinski definition) is 5. The SMILES string of the molecule is CCN(CC)CCCNC(=O)C1CCN(c2nc(C)cc(C)n2)CC1. The third-order valence-corrected chi connectivity index (χ3v) is 4.96. The predicted molar refractivity (Wildman–Crippen MR) is 102 cm³/mol. The van der Waals surface area contributed by atoms with E-state index in [9.17, 15) is 4.79 Å². The molecule has 1 N–H and O–H groups in total. The molecule has 0 aromatic carbocycles. The van der Waals surface area contributed by atoms with Crippen LogP contribution >= 0.6 is 0 Å². The smallest absolute Gasteiger partial charge is 0.225 e. The van der Waals surface area contributed by atoms with E-state index in [1.165, 1.54) is 0 Å². The summed E-state index contributed by atoms with van der Waals surface area (Å²) in [6.07, 6.45) is 2.76. The lowest BCUT2D eigenvalue weighted by molar-refractivity contribution is -0.125. The van der Waals surface area contributed by atoms with Crippen molar-refractivity contribution in [1.82, 2.24) is 20.2 Å². The van der Waals surface area contributed by atoms with Crippen LogP contribution in [0.3, 0.4) is 0 Å². The van der Waals surface area contributed by atoms with Crippen molar-refractivity contribution in [1.29, 1.82) is 0 Å². The Kier molecular flexibility index (Phi) is 7.62. The van der Waals surface area contributed by atoms with E-state index >= 15 is 0 Å². The molecule has 1 amide bonds. The third-order valence-electron chi connectivity index (χ3n) is 4.96. The summed E-state index contributed by atoms with van der Waals surface area (Å²) in [5.74, 6) is 1.13. The average molecular weight is 348 g/mol. The summed E-state index contributed by atoms with van der Waals surface area (Å²) in [6.45, 7) is 14.0. The van der Waals surface area contributed by atoms with Gasteiger partial charge in [0.1, 0.15) is 0 Å². The first-order valence-corrected chi connectivity index (χ1v) is 9.60. The van der Waals surface area contributed by atoms with Gasteiger partial charge in [0.05, 0.1) is 0 Å². The van der Waals surface area contributed by atoms with Gasteiger partial charge in [-0.2, -0.15) is 0 Å². The summed E-state index contributed by atoms with van der Waals surface area (Å²) < 4.78 is 0. The third kappa shape index (κ3) is 5.96. The van der Waals surface area contributed by atoms with E-state index in [0.717, 1.165) is 75.9 Å². The van der Waals surface area contributed by atoms with Crippen molar-refractivity contribution >= 4 is 11.9 Å². The normalized spacial score (nSPS) is 15.6. The van der Waals surface area contributed by atoms with Crippen LogP contribution in [0, 0.1) is 19.8 Å². The highest BCUT2D eigenvalue weighted by molar-refractivity contribution is 5.78. The summed E-state index contributed by atoms with van der Waals surface area (Å²) in [7, 11) is 0. The summed E-state index contributed by atoms with van der Waals surface area (Å²) in [5.41, 5.74) is 1.99. The zero-order chi connectivity index (χ0) is 18.2. The van der Waals surface area contributed by atoms with Crippen molar-refractivity contribution in [3.05, 3.63) is 17.5 Å². The monoisotopic (exact) mass is 347 g/mol. The van der Waals surface area contributed by atoms with E-state index < -0.39 is 0 Å². The highest BCUT2D eigenvalue weighted by atomic mass is 16.1. The van der Waals surface area contributed by atoms with Crippen LogP contribution in [-0.2, 0) is 4.79 Å². The van der Waals surface area contributed by atoms with E-state index in [4.69, 9.17) is 0 Å². The van der Waals surface area contributed by atoms with Gasteiger partial charge in [-0.05, 0) is 58.8 Å². The molecule has 1 aliphatic rings. The van der Waals surface area contributed by atoms with Gasteiger partial charge in [-0.1, -0.05) is 13.8 Å². The maximum absolute atomic E-state index is 12.4. The quantitative estimate of drug-likeness (QED) is 0.730.